The first kappa shape index (κ1) is 12.6. The third kappa shape index (κ3) is 2.87. The molecule has 1 heterocycles. The third-order valence-corrected chi connectivity index (χ3v) is 2.42. The quantitative estimate of drug-likeness (QED) is 0.908. The number of hydrogen-bond acceptors (Lipinski definition) is 3. The van der Waals surface area contributed by atoms with Gasteiger partial charge in [-0.15, -0.1) is 0 Å². The molecule has 0 amide bonds. The van der Waals surface area contributed by atoms with Crippen LogP contribution in [-0.4, -0.2) is 16.0 Å². The highest BCUT2D eigenvalue weighted by molar-refractivity contribution is 5.59. The van der Waals surface area contributed by atoms with Gasteiger partial charge in [-0.3, -0.25) is 0 Å². The lowest BCUT2D eigenvalue weighted by Crippen LogP contribution is -2.19. The third-order valence-electron chi connectivity index (χ3n) is 2.42. The Bertz CT molecular complexity index is 556. The minimum atomic E-state index is -0.638. The lowest BCUT2D eigenvalue weighted by molar-refractivity contribution is 0.585. The second kappa shape index (κ2) is 5.18. The average molecular weight is 249 g/mol. The zero-order chi connectivity index (χ0) is 13.1. The van der Waals surface area contributed by atoms with Crippen molar-refractivity contribution in [3.8, 4) is 11.3 Å². The Morgan fingerprint density at radius 2 is 2.06 bits per heavy atom. The predicted octanol–water partition coefficient (Wildman–Crippen LogP) is 2.31. The van der Waals surface area contributed by atoms with Crippen molar-refractivity contribution in [2.24, 2.45) is 5.73 Å². The predicted molar refractivity (Wildman–Crippen MR) is 64.7 cm³/mol. The Morgan fingerprint density at radius 3 is 2.72 bits per heavy atom. The molecule has 1 unspecified atom stereocenters. The van der Waals surface area contributed by atoms with E-state index in [9.17, 15) is 8.78 Å². The maximum Gasteiger partial charge on any atom is 0.135 e. The fourth-order valence-electron chi connectivity index (χ4n) is 1.63. The number of nitrogens with zero attached hydrogens (tertiary/aromatic N) is 2. The summed E-state index contributed by atoms with van der Waals surface area (Å²) in [6.45, 7) is 1.84. The molecule has 1 aromatic carbocycles. The summed E-state index contributed by atoms with van der Waals surface area (Å²) >= 11 is 0. The smallest absolute Gasteiger partial charge is 0.135 e. The molecule has 2 rings (SSSR count). The average Bonchev–Trinajstić information content (AvgIpc) is 2.28. The summed E-state index contributed by atoms with van der Waals surface area (Å²) in [6, 6.07) is 4.91. The summed E-state index contributed by atoms with van der Waals surface area (Å²) in [5.41, 5.74) is 6.34. The molecule has 18 heavy (non-hydrogen) atoms. The van der Waals surface area contributed by atoms with Gasteiger partial charge in [0, 0.05) is 30.3 Å². The maximum absolute atomic E-state index is 13.6. The SMILES string of the molecule is CC(N)Cc1nccc(-c2ccc(F)cc2F)n1. The van der Waals surface area contributed by atoms with Crippen LogP contribution in [0.3, 0.4) is 0 Å². The number of halogens is 2. The van der Waals surface area contributed by atoms with E-state index in [1.165, 1.54) is 12.1 Å². The van der Waals surface area contributed by atoms with Gasteiger partial charge >= 0.3 is 0 Å². The molecule has 1 atom stereocenters. The van der Waals surface area contributed by atoms with E-state index in [2.05, 4.69) is 9.97 Å². The summed E-state index contributed by atoms with van der Waals surface area (Å²) in [7, 11) is 0. The number of rotatable bonds is 3. The number of hydrogen-bond donors (Lipinski definition) is 1. The van der Waals surface area contributed by atoms with Crippen LogP contribution in [0.4, 0.5) is 8.78 Å². The van der Waals surface area contributed by atoms with Crippen LogP contribution in [0.15, 0.2) is 30.5 Å². The topological polar surface area (TPSA) is 51.8 Å². The number of aromatic nitrogens is 2. The molecule has 3 nitrogen and oxygen atoms in total. The molecule has 94 valence electrons. The van der Waals surface area contributed by atoms with Crippen LogP contribution < -0.4 is 5.73 Å². The summed E-state index contributed by atoms with van der Waals surface area (Å²) < 4.78 is 26.4. The van der Waals surface area contributed by atoms with Crippen molar-refractivity contribution >= 4 is 0 Å². The van der Waals surface area contributed by atoms with E-state index in [1.54, 1.807) is 12.3 Å². The van der Waals surface area contributed by atoms with E-state index in [4.69, 9.17) is 5.73 Å². The molecule has 0 radical (unpaired) electrons. The van der Waals surface area contributed by atoms with Gasteiger partial charge in [-0.25, -0.2) is 18.7 Å². The fourth-order valence-corrected chi connectivity index (χ4v) is 1.63. The summed E-state index contributed by atoms with van der Waals surface area (Å²) in [5.74, 6) is -0.701. The highest BCUT2D eigenvalue weighted by Gasteiger charge is 2.09. The Labute approximate surface area is 104 Å². The van der Waals surface area contributed by atoms with Crippen molar-refractivity contribution in [3.05, 3.63) is 47.9 Å². The van der Waals surface area contributed by atoms with Gasteiger partial charge in [0.25, 0.3) is 0 Å². The minimum absolute atomic E-state index is 0.0710. The molecule has 0 bridgehead atoms. The second-order valence-electron chi connectivity index (χ2n) is 4.16. The van der Waals surface area contributed by atoms with Gasteiger partial charge in [0.15, 0.2) is 0 Å². The Hall–Kier alpha value is -1.88. The molecule has 0 saturated carbocycles. The molecular formula is C13H13F2N3. The summed E-state index contributed by atoms with van der Waals surface area (Å²) in [6.07, 6.45) is 2.06. The monoisotopic (exact) mass is 249 g/mol. The van der Waals surface area contributed by atoms with Gasteiger partial charge in [-0.2, -0.15) is 0 Å². The fraction of sp³-hybridized carbons (Fsp3) is 0.231. The number of nitrogens with two attached hydrogens (primary N) is 1. The molecule has 0 aliphatic heterocycles. The first-order valence-electron chi connectivity index (χ1n) is 5.59. The molecular weight excluding hydrogens is 236 g/mol. The molecule has 2 N–H and O–H groups in total. The molecule has 0 saturated heterocycles. The lowest BCUT2D eigenvalue weighted by atomic mass is 10.1. The van der Waals surface area contributed by atoms with Crippen LogP contribution >= 0.6 is 0 Å². The van der Waals surface area contributed by atoms with Crippen molar-refractivity contribution in [3.63, 3.8) is 0 Å². The van der Waals surface area contributed by atoms with E-state index in [0.717, 1.165) is 6.07 Å². The number of benzene rings is 1. The normalized spacial score (nSPS) is 12.4. The van der Waals surface area contributed by atoms with Crippen LogP contribution in [0.1, 0.15) is 12.7 Å². The molecule has 0 aliphatic carbocycles. The first-order valence-corrected chi connectivity index (χ1v) is 5.59. The van der Waals surface area contributed by atoms with Crippen molar-refractivity contribution in [1.82, 2.24) is 9.97 Å². The lowest BCUT2D eigenvalue weighted by Gasteiger charge is -2.06. The van der Waals surface area contributed by atoms with Gasteiger partial charge in [-0.1, -0.05) is 0 Å². The van der Waals surface area contributed by atoms with Crippen LogP contribution in [0, 0.1) is 11.6 Å². The van der Waals surface area contributed by atoms with E-state index in [0.29, 0.717) is 17.9 Å². The minimum Gasteiger partial charge on any atom is -0.328 e. The molecule has 0 aliphatic rings. The van der Waals surface area contributed by atoms with Crippen LogP contribution in [-0.2, 0) is 6.42 Å². The molecule has 5 heteroatoms. The van der Waals surface area contributed by atoms with E-state index in [-0.39, 0.29) is 11.6 Å². The van der Waals surface area contributed by atoms with Gasteiger partial charge < -0.3 is 5.73 Å². The summed E-state index contributed by atoms with van der Waals surface area (Å²) in [4.78, 5) is 8.28. The Balaban J connectivity index is 2.38. The molecule has 2 aromatic rings. The molecule has 0 spiro atoms. The van der Waals surface area contributed by atoms with E-state index < -0.39 is 11.6 Å². The van der Waals surface area contributed by atoms with Crippen LogP contribution in [0.25, 0.3) is 11.3 Å². The van der Waals surface area contributed by atoms with Gasteiger partial charge in [0.05, 0.1) is 5.69 Å². The maximum atomic E-state index is 13.6. The second-order valence-corrected chi connectivity index (χ2v) is 4.16. The van der Waals surface area contributed by atoms with Crippen LogP contribution in [0.2, 0.25) is 0 Å². The van der Waals surface area contributed by atoms with Crippen molar-refractivity contribution in [2.75, 3.05) is 0 Å². The zero-order valence-electron chi connectivity index (χ0n) is 9.90. The highest BCUT2D eigenvalue weighted by Crippen LogP contribution is 2.21. The summed E-state index contributed by atoms with van der Waals surface area (Å²) in [5, 5.41) is 0. The largest absolute Gasteiger partial charge is 0.328 e. The van der Waals surface area contributed by atoms with Crippen molar-refractivity contribution < 1.29 is 8.78 Å². The van der Waals surface area contributed by atoms with Gasteiger partial charge in [0.2, 0.25) is 0 Å². The van der Waals surface area contributed by atoms with E-state index >= 15 is 0 Å². The van der Waals surface area contributed by atoms with Crippen LogP contribution in [0.5, 0.6) is 0 Å². The van der Waals surface area contributed by atoms with Gasteiger partial charge in [-0.05, 0) is 25.1 Å². The molecule has 1 aromatic heterocycles. The highest BCUT2D eigenvalue weighted by atomic mass is 19.1. The standard InChI is InChI=1S/C13H13F2N3/c1-8(16)6-13-17-5-4-12(18-13)10-3-2-9(14)7-11(10)15/h2-5,7-8H,6,16H2,1H3. The molecule has 0 fully saturated rings. The van der Waals surface area contributed by atoms with Gasteiger partial charge in [0.1, 0.15) is 17.5 Å². The van der Waals surface area contributed by atoms with Crippen molar-refractivity contribution in [1.29, 1.82) is 0 Å². The van der Waals surface area contributed by atoms with E-state index in [1.807, 2.05) is 6.92 Å². The first-order chi connectivity index (χ1) is 8.56. The zero-order valence-corrected chi connectivity index (χ0v) is 9.90. The van der Waals surface area contributed by atoms with Crippen molar-refractivity contribution in [2.45, 2.75) is 19.4 Å². The Kier molecular flexibility index (Phi) is 3.62. The Morgan fingerprint density at radius 1 is 1.28 bits per heavy atom.